The van der Waals surface area contributed by atoms with Crippen molar-refractivity contribution in [3.05, 3.63) is 208 Å². The zero-order valence-electron chi connectivity index (χ0n) is 29.3. The Labute approximate surface area is 330 Å². The second kappa shape index (κ2) is 11.7. The maximum Gasteiger partial charge on any atom is 0.0728 e. The normalized spacial score (nSPS) is 14.7. The topological polar surface area (TPSA) is 0 Å². The molecule has 10 rings (SSSR count). The molecule has 0 fully saturated rings. The van der Waals surface area contributed by atoms with Crippen LogP contribution >= 0.6 is 54.5 Å². The molecule has 8 aromatic rings. The monoisotopic (exact) mass is 832 g/mol. The fraction of sp³-hybridized carbons (Fsp3) is 0.125. The number of benzene rings is 6. The molecule has 2 aromatic heterocycles. The zero-order chi connectivity index (χ0) is 35.5. The first-order valence-electron chi connectivity index (χ1n) is 17.7. The Kier molecular flexibility index (Phi) is 7.34. The Balaban J connectivity index is 1.39. The average molecular weight is 835 g/mol. The smallest absolute Gasteiger partial charge is 0.0728 e. The highest BCUT2D eigenvalue weighted by Crippen LogP contribution is 2.65. The van der Waals surface area contributed by atoms with Crippen LogP contribution in [-0.2, 0) is 10.8 Å². The van der Waals surface area contributed by atoms with E-state index >= 15 is 0 Å². The summed E-state index contributed by atoms with van der Waals surface area (Å²) in [5.74, 6) is 0. The summed E-state index contributed by atoms with van der Waals surface area (Å²) in [4.78, 5) is 2.69. The molecule has 0 saturated heterocycles. The van der Waals surface area contributed by atoms with E-state index in [4.69, 9.17) is 0 Å². The van der Waals surface area contributed by atoms with Crippen molar-refractivity contribution < 1.29 is 0 Å². The van der Waals surface area contributed by atoms with Crippen LogP contribution in [0, 0.1) is 27.7 Å². The van der Waals surface area contributed by atoms with E-state index in [-0.39, 0.29) is 0 Å². The largest absolute Gasteiger partial charge is 0.128 e. The van der Waals surface area contributed by atoms with Gasteiger partial charge in [-0.25, -0.2) is 0 Å². The molecule has 0 saturated carbocycles. The average Bonchev–Trinajstić information content (AvgIpc) is 3.86. The second-order valence-corrected chi connectivity index (χ2v) is 19.5. The number of thiophene rings is 2. The summed E-state index contributed by atoms with van der Waals surface area (Å²) in [6, 6.07) is 51.7. The SMILES string of the molecule is Cc1ccc(C2(c3ccc(C)cc3)c3cc(Br)sc3-c3ccc4c5c(ccc4c32)-c2sc(Br)cc2C5(c2ccc(C)cc2)c2ccc(C)cc2)cc1. The van der Waals surface area contributed by atoms with Crippen LogP contribution in [0.3, 0.4) is 0 Å². The lowest BCUT2D eigenvalue weighted by atomic mass is 9.64. The van der Waals surface area contributed by atoms with Crippen molar-refractivity contribution in [3.8, 4) is 20.9 Å². The number of fused-ring (bicyclic) bond motifs is 9. The third-order valence-electron chi connectivity index (χ3n) is 11.6. The fourth-order valence-corrected chi connectivity index (χ4v) is 12.7. The molecule has 0 N–H and O–H groups in total. The summed E-state index contributed by atoms with van der Waals surface area (Å²) in [6.07, 6.45) is 0. The summed E-state index contributed by atoms with van der Waals surface area (Å²) in [5.41, 5.74) is 17.4. The summed E-state index contributed by atoms with van der Waals surface area (Å²) in [6.45, 7) is 8.73. The van der Waals surface area contributed by atoms with Crippen LogP contribution in [0.5, 0.6) is 0 Å². The lowest BCUT2D eigenvalue weighted by Crippen LogP contribution is -2.30. The molecule has 252 valence electrons. The highest BCUT2D eigenvalue weighted by molar-refractivity contribution is 9.11. The fourth-order valence-electron chi connectivity index (χ4n) is 9.29. The minimum absolute atomic E-state index is 0.495. The van der Waals surface area contributed by atoms with Gasteiger partial charge in [0.25, 0.3) is 0 Å². The minimum atomic E-state index is -0.495. The van der Waals surface area contributed by atoms with Gasteiger partial charge in [0.2, 0.25) is 0 Å². The molecule has 0 spiro atoms. The number of halogens is 2. The van der Waals surface area contributed by atoms with Crippen molar-refractivity contribution in [2.24, 2.45) is 0 Å². The second-order valence-electron chi connectivity index (χ2n) is 14.6. The third-order valence-corrected chi connectivity index (χ3v) is 14.9. The van der Waals surface area contributed by atoms with Gasteiger partial charge in [-0.1, -0.05) is 144 Å². The highest BCUT2D eigenvalue weighted by atomic mass is 79.9. The molecule has 52 heavy (non-hydrogen) atoms. The van der Waals surface area contributed by atoms with Gasteiger partial charge in [0.15, 0.2) is 0 Å². The first-order chi connectivity index (χ1) is 25.2. The van der Waals surface area contributed by atoms with Gasteiger partial charge < -0.3 is 0 Å². The Morgan fingerprint density at radius 3 is 0.962 bits per heavy atom. The van der Waals surface area contributed by atoms with E-state index in [0.717, 1.165) is 7.57 Å². The summed E-state index contributed by atoms with van der Waals surface area (Å²) < 4.78 is 2.32. The van der Waals surface area contributed by atoms with Crippen LogP contribution in [-0.4, -0.2) is 0 Å². The van der Waals surface area contributed by atoms with E-state index < -0.39 is 10.8 Å². The van der Waals surface area contributed by atoms with E-state index in [9.17, 15) is 0 Å². The third kappa shape index (κ3) is 4.36. The zero-order valence-corrected chi connectivity index (χ0v) is 34.1. The van der Waals surface area contributed by atoms with Gasteiger partial charge >= 0.3 is 0 Å². The number of hydrogen-bond acceptors (Lipinski definition) is 2. The predicted octanol–water partition coefficient (Wildman–Crippen LogP) is 14.4. The molecule has 0 aliphatic heterocycles. The van der Waals surface area contributed by atoms with Crippen LogP contribution in [0.2, 0.25) is 0 Å². The van der Waals surface area contributed by atoms with Crippen LogP contribution in [0.15, 0.2) is 141 Å². The van der Waals surface area contributed by atoms with Gasteiger partial charge in [-0.15, -0.1) is 22.7 Å². The Morgan fingerprint density at radius 1 is 0.385 bits per heavy atom. The molecule has 0 nitrogen and oxygen atoms in total. The Hall–Kier alpha value is -4.06. The van der Waals surface area contributed by atoms with Crippen molar-refractivity contribution in [3.63, 3.8) is 0 Å². The van der Waals surface area contributed by atoms with Crippen LogP contribution in [0.25, 0.3) is 31.7 Å². The lowest BCUT2D eigenvalue weighted by molar-refractivity contribution is 0.770. The van der Waals surface area contributed by atoms with E-state index in [0.29, 0.717) is 0 Å². The Bertz CT molecular complexity index is 2430. The quantitative estimate of drug-likeness (QED) is 0.166. The molecule has 0 bridgehead atoms. The summed E-state index contributed by atoms with van der Waals surface area (Å²) in [5, 5.41) is 2.63. The van der Waals surface area contributed by atoms with Gasteiger partial charge in [-0.3, -0.25) is 0 Å². The van der Waals surface area contributed by atoms with Crippen LogP contribution in [0.4, 0.5) is 0 Å². The van der Waals surface area contributed by atoms with E-state index in [2.05, 4.69) is 193 Å². The molecule has 2 heterocycles. The van der Waals surface area contributed by atoms with Crippen molar-refractivity contribution >= 4 is 65.3 Å². The maximum atomic E-state index is 3.93. The summed E-state index contributed by atoms with van der Waals surface area (Å²) in [7, 11) is 0. The van der Waals surface area contributed by atoms with Gasteiger partial charge in [0.05, 0.1) is 18.4 Å². The number of hydrogen-bond donors (Lipinski definition) is 0. The minimum Gasteiger partial charge on any atom is -0.128 e. The lowest BCUT2D eigenvalue weighted by Gasteiger charge is -2.36. The highest BCUT2D eigenvalue weighted by Gasteiger charge is 2.52. The summed E-state index contributed by atoms with van der Waals surface area (Å²) >= 11 is 11.6. The molecule has 0 amide bonds. The van der Waals surface area contributed by atoms with Gasteiger partial charge in [0.1, 0.15) is 0 Å². The molecule has 2 aliphatic carbocycles. The van der Waals surface area contributed by atoms with E-state index in [1.165, 1.54) is 98.4 Å². The number of aryl methyl sites for hydroxylation is 4. The van der Waals surface area contributed by atoms with Gasteiger partial charge in [-0.05, 0) is 138 Å². The van der Waals surface area contributed by atoms with E-state index in [1.54, 1.807) is 0 Å². The Morgan fingerprint density at radius 2 is 0.673 bits per heavy atom. The molecular formula is C48H34Br2S2. The first kappa shape index (κ1) is 32.6. The molecule has 6 aromatic carbocycles. The molecule has 4 heteroatoms. The van der Waals surface area contributed by atoms with Crippen molar-refractivity contribution in [1.82, 2.24) is 0 Å². The van der Waals surface area contributed by atoms with Crippen molar-refractivity contribution in [2.45, 2.75) is 38.5 Å². The van der Waals surface area contributed by atoms with Crippen LogP contribution in [0.1, 0.15) is 66.8 Å². The molecule has 0 radical (unpaired) electrons. The van der Waals surface area contributed by atoms with Gasteiger partial charge in [-0.2, -0.15) is 0 Å². The van der Waals surface area contributed by atoms with Crippen molar-refractivity contribution in [2.75, 3.05) is 0 Å². The molecule has 0 unspecified atom stereocenters. The maximum absolute atomic E-state index is 3.93. The standard InChI is InChI=1S/C48H34Br2S2/c1-27-5-13-31(14-6-27)47(32-15-7-28(2)8-16-32)39-25-41(49)51-45(39)37-23-22-36-35(43(37)47)21-24-38-44(36)48(33-17-9-29(3)10-18-33,34-19-11-30(4)12-20-34)40-26-42(50)52-46(38)40/h5-26H,1-4H3. The van der Waals surface area contributed by atoms with Gasteiger partial charge in [0, 0.05) is 9.75 Å². The van der Waals surface area contributed by atoms with Crippen molar-refractivity contribution in [1.29, 1.82) is 0 Å². The predicted molar refractivity (Wildman–Crippen MR) is 229 cm³/mol. The van der Waals surface area contributed by atoms with Crippen LogP contribution < -0.4 is 0 Å². The molecule has 2 aliphatic rings. The molecule has 0 atom stereocenters. The molecular weight excluding hydrogens is 800 g/mol. The number of rotatable bonds is 4. The first-order valence-corrected chi connectivity index (χ1v) is 20.9. The van der Waals surface area contributed by atoms with E-state index in [1.807, 2.05) is 22.7 Å².